The van der Waals surface area contributed by atoms with Crippen molar-refractivity contribution in [1.29, 1.82) is 0 Å². The number of hydrogen-bond acceptors (Lipinski definition) is 4. The van der Waals surface area contributed by atoms with E-state index in [1.54, 1.807) is 13.3 Å². The van der Waals surface area contributed by atoms with Crippen LogP contribution in [0.15, 0.2) is 28.9 Å². The first-order valence-corrected chi connectivity index (χ1v) is 7.51. The summed E-state index contributed by atoms with van der Waals surface area (Å²) in [7, 11) is 1.60. The molecule has 1 heterocycles. The number of methoxy groups -OCH3 is 1. The Labute approximate surface area is 126 Å². The topological polar surface area (TPSA) is 47.0 Å². The second kappa shape index (κ2) is 5.79. The third kappa shape index (κ3) is 2.63. The lowest BCUT2D eigenvalue weighted by atomic mass is 9.90. The summed E-state index contributed by atoms with van der Waals surface area (Å²) < 4.78 is 5.95. The van der Waals surface area contributed by atoms with Crippen molar-refractivity contribution in [3.63, 3.8) is 0 Å². The third-order valence-corrected chi connectivity index (χ3v) is 4.09. The molecule has 1 aliphatic carbocycles. The Kier molecular flexibility index (Phi) is 3.87. The van der Waals surface area contributed by atoms with E-state index in [1.807, 2.05) is 0 Å². The molecule has 1 aromatic carbocycles. The molecule has 0 bridgehead atoms. The van der Waals surface area contributed by atoms with Gasteiger partial charge in [-0.15, -0.1) is 0 Å². The molecule has 0 radical (unpaired) electrons. The van der Waals surface area contributed by atoms with Gasteiger partial charge in [0.05, 0.1) is 17.8 Å². The number of aromatic nitrogens is 2. The van der Waals surface area contributed by atoms with E-state index in [9.17, 15) is 0 Å². The summed E-state index contributed by atoms with van der Waals surface area (Å²) in [5, 5.41) is 3.31. The fourth-order valence-corrected chi connectivity index (χ4v) is 2.93. The second-order valence-corrected chi connectivity index (χ2v) is 5.68. The van der Waals surface area contributed by atoms with Crippen molar-refractivity contribution in [2.75, 3.05) is 12.4 Å². The normalized spacial score (nSPS) is 13.7. The first-order valence-electron chi connectivity index (χ1n) is 6.72. The number of ether oxygens (including phenoxy) is 1. The van der Waals surface area contributed by atoms with Gasteiger partial charge in [-0.2, -0.15) is 4.98 Å². The summed E-state index contributed by atoms with van der Waals surface area (Å²) >= 11 is 3.36. The van der Waals surface area contributed by atoms with Crippen LogP contribution in [0, 0.1) is 0 Å². The Morgan fingerprint density at radius 2 is 2.10 bits per heavy atom. The quantitative estimate of drug-likeness (QED) is 0.926. The highest BCUT2D eigenvalue weighted by Crippen LogP contribution is 2.30. The zero-order chi connectivity index (χ0) is 13.9. The van der Waals surface area contributed by atoms with Gasteiger partial charge in [-0.1, -0.05) is 12.1 Å². The lowest BCUT2D eigenvalue weighted by Crippen LogP contribution is -2.07. The number of nitrogens with zero attached hydrogens (tertiary/aromatic N) is 2. The van der Waals surface area contributed by atoms with Gasteiger partial charge in [0.25, 0.3) is 0 Å². The van der Waals surface area contributed by atoms with Crippen molar-refractivity contribution in [3.8, 4) is 5.88 Å². The molecule has 0 saturated heterocycles. The number of aryl methyl sites for hydroxylation is 1. The molecule has 0 unspecified atom stereocenters. The van der Waals surface area contributed by atoms with Crippen molar-refractivity contribution in [3.05, 3.63) is 40.0 Å². The van der Waals surface area contributed by atoms with Crippen LogP contribution < -0.4 is 10.1 Å². The molecule has 20 heavy (non-hydrogen) atoms. The van der Waals surface area contributed by atoms with Crippen molar-refractivity contribution >= 4 is 27.6 Å². The number of hydrogen-bond donors (Lipinski definition) is 1. The molecule has 0 spiro atoms. The summed E-state index contributed by atoms with van der Waals surface area (Å²) in [6.07, 6.45) is 6.50. The van der Waals surface area contributed by atoms with E-state index in [1.165, 1.54) is 24.0 Å². The van der Waals surface area contributed by atoms with Crippen LogP contribution in [0.3, 0.4) is 0 Å². The van der Waals surface area contributed by atoms with Gasteiger partial charge in [-0.25, -0.2) is 4.98 Å². The maximum absolute atomic E-state index is 5.20. The average Bonchev–Trinajstić information content (AvgIpc) is 2.49. The van der Waals surface area contributed by atoms with Gasteiger partial charge in [0.15, 0.2) is 0 Å². The smallest absolute Gasteiger partial charge is 0.232 e. The van der Waals surface area contributed by atoms with E-state index in [2.05, 4.69) is 49.4 Å². The third-order valence-electron chi connectivity index (χ3n) is 3.55. The predicted octanol–water partition coefficient (Wildman–Crippen LogP) is 3.87. The van der Waals surface area contributed by atoms with Gasteiger partial charge in [0, 0.05) is 5.69 Å². The van der Waals surface area contributed by atoms with E-state index in [0.29, 0.717) is 11.8 Å². The molecule has 0 fully saturated rings. The maximum atomic E-state index is 5.20. The van der Waals surface area contributed by atoms with Crippen LogP contribution in [-0.4, -0.2) is 17.1 Å². The molecule has 0 amide bonds. The molecule has 104 valence electrons. The predicted molar refractivity (Wildman–Crippen MR) is 82.7 cm³/mol. The largest absolute Gasteiger partial charge is 0.480 e. The molecule has 0 saturated carbocycles. The molecular weight excluding hydrogens is 318 g/mol. The van der Waals surface area contributed by atoms with Crippen molar-refractivity contribution in [2.24, 2.45) is 0 Å². The second-order valence-electron chi connectivity index (χ2n) is 4.83. The number of anilines is 2. The summed E-state index contributed by atoms with van der Waals surface area (Å²) in [5.41, 5.74) is 3.93. The van der Waals surface area contributed by atoms with Crippen LogP contribution in [0.25, 0.3) is 0 Å². The summed E-state index contributed by atoms with van der Waals surface area (Å²) in [5.74, 6) is 1.09. The number of rotatable bonds is 3. The van der Waals surface area contributed by atoms with E-state index >= 15 is 0 Å². The number of fused-ring (bicyclic) bond motifs is 1. The Morgan fingerprint density at radius 3 is 2.95 bits per heavy atom. The molecule has 0 atom stereocenters. The number of benzene rings is 1. The molecule has 0 aliphatic heterocycles. The van der Waals surface area contributed by atoms with Crippen molar-refractivity contribution in [2.45, 2.75) is 25.7 Å². The fraction of sp³-hybridized carbons (Fsp3) is 0.333. The summed E-state index contributed by atoms with van der Waals surface area (Å²) in [6, 6.07) is 6.38. The highest BCUT2D eigenvalue weighted by molar-refractivity contribution is 9.10. The highest BCUT2D eigenvalue weighted by atomic mass is 79.9. The Hall–Kier alpha value is -1.62. The number of nitrogens with one attached hydrogen (secondary N) is 1. The standard InChI is InChI=1S/C15H16BrN3O/c1-20-14-12(16)9-17-15(19-14)18-13-8-4-6-10-5-2-3-7-11(10)13/h4,6,8-9H,2-3,5,7H2,1H3,(H,17,18,19). The van der Waals surface area contributed by atoms with Gasteiger partial charge >= 0.3 is 0 Å². The van der Waals surface area contributed by atoms with Gasteiger partial charge in [-0.3, -0.25) is 0 Å². The minimum Gasteiger partial charge on any atom is -0.480 e. The Morgan fingerprint density at radius 1 is 1.25 bits per heavy atom. The first-order chi connectivity index (χ1) is 9.78. The molecule has 5 heteroatoms. The maximum Gasteiger partial charge on any atom is 0.232 e. The monoisotopic (exact) mass is 333 g/mol. The lowest BCUT2D eigenvalue weighted by molar-refractivity contribution is 0.394. The summed E-state index contributed by atoms with van der Waals surface area (Å²) in [6.45, 7) is 0. The van der Waals surface area contributed by atoms with Crippen LogP contribution in [0.2, 0.25) is 0 Å². The van der Waals surface area contributed by atoms with E-state index in [4.69, 9.17) is 4.74 Å². The van der Waals surface area contributed by atoms with Crippen LogP contribution in [0.4, 0.5) is 11.6 Å². The number of halogens is 1. The minimum absolute atomic E-state index is 0.535. The Balaban J connectivity index is 1.91. The van der Waals surface area contributed by atoms with Crippen molar-refractivity contribution in [1.82, 2.24) is 9.97 Å². The van der Waals surface area contributed by atoms with Gasteiger partial charge in [0.1, 0.15) is 0 Å². The Bertz CT molecular complexity index is 631. The molecule has 4 nitrogen and oxygen atoms in total. The van der Waals surface area contributed by atoms with Crippen LogP contribution in [-0.2, 0) is 12.8 Å². The van der Waals surface area contributed by atoms with E-state index in [0.717, 1.165) is 23.0 Å². The first kappa shape index (κ1) is 13.4. The summed E-state index contributed by atoms with van der Waals surface area (Å²) in [4.78, 5) is 8.63. The van der Waals surface area contributed by atoms with Gasteiger partial charge < -0.3 is 10.1 Å². The molecule has 2 aromatic rings. The zero-order valence-electron chi connectivity index (χ0n) is 11.3. The minimum atomic E-state index is 0.535. The van der Waals surface area contributed by atoms with Crippen LogP contribution in [0.5, 0.6) is 5.88 Å². The zero-order valence-corrected chi connectivity index (χ0v) is 12.9. The van der Waals surface area contributed by atoms with Crippen LogP contribution in [0.1, 0.15) is 24.0 Å². The molecule has 1 aliphatic rings. The lowest BCUT2D eigenvalue weighted by Gasteiger charge is -2.19. The molecule has 1 aromatic heterocycles. The van der Waals surface area contributed by atoms with Gasteiger partial charge in [-0.05, 0) is 58.8 Å². The average molecular weight is 334 g/mol. The van der Waals surface area contributed by atoms with E-state index in [-0.39, 0.29) is 0 Å². The molecule has 3 rings (SSSR count). The molecular formula is C15H16BrN3O. The van der Waals surface area contributed by atoms with Gasteiger partial charge in [0.2, 0.25) is 11.8 Å². The van der Waals surface area contributed by atoms with E-state index < -0.39 is 0 Å². The SMILES string of the molecule is COc1nc(Nc2cccc3c2CCCC3)ncc1Br. The molecule has 1 N–H and O–H groups in total. The fourth-order valence-electron chi connectivity index (χ4n) is 2.57. The highest BCUT2D eigenvalue weighted by Gasteiger charge is 2.14. The van der Waals surface area contributed by atoms with Crippen molar-refractivity contribution < 1.29 is 4.74 Å². The van der Waals surface area contributed by atoms with Crippen LogP contribution >= 0.6 is 15.9 Å².